The van der Waals surface area contributed by atoms with Crippen molar-refractivity contribution in [2.24, 2.45) is 0 Å². The van der Waals surface area contributed by atoms with Crippen LogP contribution in [0.1, 0.15) is 6.42 Å². The molecule has 1 aromatic rings. The van der Waals surface area contributed by atoms with E-state index in [9.17, 15) is 8.76 Å². The standard InChI is InChI=1S/C10H14O4S/c1-13-9-3-5-10(6-4-9)14-7-2-8-15(11)12/h3-6H,2,7-8H2,1H3,(H,11,12)/p-1. The highest BCUT2D eigenvalue weighted by Crippen LogP contribution is 2.16. The Morgan fingerprint density at radius 1 is 1.27 bits per heavy atom. The Labute approximate surface area is 91.5 Å². The maximum atomic E-state index is 10.2. The normalized spacial score (nSPS) is 12.1. The first kappa shape index (κ1) is 12.0. The summed E-state index contributed by atoms with van der Waals surface area (Å²) in [6.45, 7) is 0.403. The van der Waals surface area contributed by atoms with Crippen LogP contribution in [0.25, 0.3) is 0 Å². The molecule has 0 amide bonds. The fourth-order valence-corrected chi connectivity index (χ4v) is 1.39. The van der Waals surface area contributed by atoms with Gasteiger partial charge in [-0.15, -0.1) is 0 Å². The van der Waals surface area contributed by atoms with Crippen molar-refractivity contribution in [1.82, 2.24) is 0 Å². The smallest absolute Gasteiger partial charge is 0.119 e. The van der Waals surface area contributed by atoms with E-state index in [4.69, 9.17) is 9.47 Å². The van der Waals surface area contributed by atoms with Gasteiger partial charge in [0.1, 0.15) is 11.5 Å². The third kappa shape index (κ3) is 4.80. The summed E-state index contributed by atoms with van der Waals surface area (Å²) in [6.07, 6.45) is 0.502. The Balaban J connectivity index is 2.28. The monoisotopic (exact) mass is 229 g/mol. The molecule has 84 valence electrons. The summed E-state index contributed by atoms with van der Waals surface area (Å²) >= 11 is -1.98. The van der Waals surface area contributed by atoms with Crippen LogP contribution in [0.2, 0.25) is 0 Å². The molecule has 1 unspecified atom stereocenters. The van der Waals surface area contributed by atoms with Gasteiger partial charge in [-0.25, -0.2) is 0 Å². The fraction of sp³-hybridized carbons (Fsp3) is 0.400. The summed E-state index contributed by atoms with van der Waals surface area (Å²) in [4.78, 5) is 0. The summed E-state index contributed by atoms with van der Waals surface area (Å²) < 4.78 is 30.8. The van der Waals surface area contributed by atoms with Crippen LogP contribution >= 0.6 is 0 Å². The van der Waals surface area contributed by atoms with E-state index >= 15 is 0 Å². The van der Waals surface area contributed by atoms with E-state index in [-0.39, 0.29) is 5.75 Å². The molecule has 0 radical (unpaired) electrons. The van der Waals surface area contributed by atoms with Crippen LogP contribution in [-0.4, -0.2) is 28.2 Å². The van der Waals surface area contributed by atoms with Crippen LogP contribution in [0.3, 0.4) is 0 Å². The molecule has 0 heterocycles. The third-order valence-corrected chi connectivity index (χ3v) is 2.41. The zero-order chi connectivity index (χ0) is 11.1. The number of hydrogen-bond acceptors (Lipinski definition) is 4. The van der Waals surface area contributed by atoms with Crippen molar-refractivity contribution in [3.05, 3.63) is 24.3 Å². The summed E-state index contributed by atoms with van der Waals surface area (Å²) in [6, 6.07) is 7.15. The first-order chi connectivity index (χ1) is 7.22. The Morgan fingerprint density at radius 3 is 2.40 bits per heavy atom. The quantitative estimate of drug-likeness (QED) is 0.545. The van der Waals surface area contributed by atoms with E-state index in [1.807, 2.05) is 0 Å². The average molecular weight is 229 g/mol. The zero-order valence-corrected chi connectivity index (χ0v) is 9.29. The van der Waals surface area contributed by atoms with Crippen LogP contribution in [-0.2, 0) is 11.1 Å². The van der Waals surface area contributed by atoms with Crippen molar-refractivity contribution in [1.29, 1.82) is 0 Å². The number of rotatable bonds is 6. The molecular formula is C10H13O4S-. The van der Waals surface area contributed by atoms with E-state index in [1.165, 1.54) is 0 Å². The average Bonchev–Trinajstić information content (AvgIpc) is 2.25. The molecule has 0 aliphatic heterocycles. The molecule has 4 nitrogen and oxygen atoms in total. The molecule has 1 aromatic carbocycles. The Bertz CT molecular complexity index is 310. The lowest BCUT2D eigenvalue weighted by Crippen LogP contribution is -2.03. The van der Waals surface area contributed by atoms with Gasteiger partial charge in [-0.05, 0) is 30.7 Å². The van der Waals surface area contributed by atoms with Crippen LogP contribution in [0.15, 0.2) is 24.3 Å². The Hall–Kier alpha value is -1.07. The van der Waals surface area contributed by atoms with Crippen molar-refractivity contribution in [2.45, 2.75) is 6.42 Å². The molecule has 1 atom stereocenters. The molecule has 0 spiro atoms. The Morgan fingerprint density at radius 2 is 1.87 bits per heavy atom. The molecule has 1 rings (SSSR count). The maximum Gasteiger partial charge on any atom is 0.119 e. The molecule has 0 N–H and O–H groups in total. The highest BCUT2D eigenvalue weighted by Gasteiger charge is 1.94. The largest absolute Gasteiger partial charge is 0.772 e. The molecule has 0 saturated heterocycles. The second-order valence-corrected chi connectivity index (χ2v) is 3.90. The molecule has 0 bridgehead atoms. The van der Waals surface area contributed by atoms with Crippen LogP contribution in [0.5, 0.6) is 11.5 Å². The van der Waals surface area contributed by atoms with Crippen LogP contribution in [0, 0.1) is 0 Å². The topological polar surface area (TPSA) is 58.6 Å². The minimum atomic E-state index is -1.98. The Kier molecular flexibility index (Phi) is 5.14. The van der Waals surface area contributed by atoms with Gasteiger partial charge in [0.05, 0.1) is 13.7 Å². The first-order valence-electron chi connectivity index (χ1n) is 4.55. The van der Waals surface area contributed by atoms with Gasteiger partial charge >= 0.3 is 0 Å². The lowest BCUT2D eigenvalue weighted by Gasteiger charge is -2.07. The predicted octanol–water partition coefficient (Wildman–Crippen LogP) is 1.34. The van der Waals surface area contributed by atoms with Crippen molar-refractivity contribution in [3.8, 4) is 11.5 Å². The number of methoxy groups -OCH3 is 1. The van der Waals surface area contributed by atoms with Gasteiger partial charge in [-0.1, -0.05) is 11.1 Å². The molecule has 0 fully saturated rings. The first-order valence-corrected chi connectivity index (χ1v) is 5.79. The zero-order valence-electron chi connectivity index (χ0n) is 8.47. The summed E-state index contributed by atoms with van der Waals surface area (Å²) in [5.74, 6) is 1.62. The maximum absolute atomic E-state index is 10.2. The van der Waals surface area contributed by atoms with Gasteiger partial charge in [0, 0.05) is 5.75 Å². The predicted molar refractivity (Wildman–Crippen MR) is 56.9 cm³/mol. The third-order valence-electron chi connectivity index (χ3n) is 1.78. The van der Waals surface area contributed by atoms with Gasteiger partial charge < -0.3 is 14.0 Å². The van der Waals surface area contributed by atoms with Gasteiger partial charge in [0.2, 0.25) is 0 Å². The number of hydrogen-bond donors (Lipinski definition) is 0. The van der Waals surface area contributed by atoms with Crippen LogP contribution in [0.4, 0.5) is 0 Å². The van der Waals surface area contributed by atoms with E-state index in [2.05, 4.69) is 0 Å². The molecule has 0 saturated carbocycles. The molecule has 5 heteroatoms. The summed E-state index contributed by atoms with van der Waals surface area (Å²) in [5, 5.41) is 0. The molecule has 15 heavy (non-hydrogen) atoms. The minimum Gasteiger partial charge on any atom is -0.772 e. The van der Waals surface area contributed by atoms with E-state index in [0.717, 1.165) is 5.75 Å². The highest BCUT2D eigenvalue weighted by atomic mass is 32.2. The van der Waals surface area contributed by atoms with Gasteiger partial charge in [0.25, 0.3) is 0 Å². The number of ether oxygens (including phenoxy) is 2. The van der Waals surface area contributed by atoms with Crippen molar-refractivity contribution in [2.75, 3.05) is 19.5 Å². The second kappa shape index (κ2) is 6.42. The van der Waals surface area contributed by atoms with Crippen molar-refractivity contribution < 1.29 is 18.2 Å². The number of benzene rings is 1. The molecule has 0 aliphatic rings. The second-order valence-electron chi connectivity index (χ2n) is 2.89. The fourth-order valence-electron chi connectivity index (χ4n) is 1.04. The SMILES string of the molecule is COc1ccc(OCCCS(=O)[O-])cc1. The lowest BCUT2D eigenvalue weighted by atomic mass is 10.3. The highest BCUT2D eigenvalue weighted by molar-refractivity contribution is 7.79. The summed E-state index contributed by atoms with van der Waals surface area (Å²) in [5.41, 5.74) is 0. The molecule has 0 aromatic heterocycles. The van der Waals surface area contributed by atoms with E-state index in [0.29, 0.717) is 18.8 Å². The van der Waals surface area contributed by atoms with E-state index < -0.39 is 11.1 Å². The lowest BCUT2D eigenvalue weighted by molar-refractivity contribution is 0.316. The van der Waals surface area contributed by atoms with Gasteiger partial charge in [-0.2, -0.15) is 0 Å². The van der Waals surface area contributed by atoms with Crippen molar-refractivity contribution in [3.63, 3.8) is 0 Å². The summed E-state index contributed by atoms with van der Waals surface area (Å²) in [7, 11) is 1.60. The minimum absolute atomic E-state index is 0.135. The van der Waals surface area contributed by atoms with Gasteiger partial charge in [0.15, 0.2) is 0 Å². The van der Waals surface area contributed by atoms with Gasteiger partial charge in [-0.3, -0.25) is 4.21 Å². The van der Waals surface area contributed by atoms with Crippen molar-refractivity contribution >= 4 is 11.1 Å². The van der Waals surface area contributed by atoms with Crippen LogP contribution < -0.4 is 9.47 Å². The molecule has 0 aliphatic carbocycles. The van der Waals surface area contributed by atoms with E-state index in [1.54, 1.807) is 31.4 Å². The molecular weight excluding hydrogens is 216 g/mol.